The molecular weight excluding hydrogens is 239 g/mol. The van der Waals surface area contributed by atoms with Crippen LogP contribution in [0.25, 0.3) is 0 Å². The van der Waals surface area contributed by atoms with Gasteiger partial charge < -0.3 is 5.73 Å². The van der Waals surface area contributed by atoms with Crippen molar-refractivity contribution < 1.29 is 9.18 Å². The van der Waals surface area contributed by atoms with Gasteiger partial charge in [-0.25, -0.2) is 9.37 Å². The van der Waals surface area contributed by atoms with E-state index in [2.05, 4.69) is 4.98 Å². The molecule has 0 spiro atoms. The lowest BCUT2D eigenvalue weighted by molar-refractivity contribution is 0.104. The highest BCUT2D eigenvalue weighted by Crippen LogP contribution is 2.29. The molecule has 0 bridgehead atoms. The molecule has 86 valence electrons. The van der Waals surface area contributed by atoms with Crippen LogP contribution >= 0.6 is 11.3 Å². The minimum Gasteiger partial charge on any atom is -0.375 e. The van der Waals surface area contributed by atoms with Crippen LogP contribution in [0.5, 0.6) is 0 Å². The SMILES string of the molecule is Nc1nc2c(s1)C(=O)c1ccc(F)cc1CC2. The first-order valence-corrected chi connectivity index (χ1v) is 6.05. The number of ketones is 1. The predicted octanol–water partition coefficient (Wildman–Crippen LogP) is 2.19. The Morgan fingerprint density at radius 2 is 2.18 bits per heavy atom. The lowest BCUT2D eigenvalue weighted by Crippen LogP contribution is -2.02. The molecule has 0 saturated carbocycles. The number of hydrogen-bond acceptors (Lipinski definition) is 4. The maximum absolute atomic E-state index is 13.1. The third-order valence-corrected chi connectivity index (χ3v) is 3.79. The fraction of sp³-hybridized carbons (Fsp3) is 0.167. The van der Waals surface area contributed by atoms with Crippen molar-refractivity contribution in [2.45, 2.75) is 12.8 Å². The van der Waals surface area contributed by atoms with Gasteiger partial charge in [-0.15, -0.1) is 0 Å². The number of rotatable bonds is 0. The van der Waals surface area contributed by atoms with Gasteiger partial charge in [0.2, 0.25) is 5.78 Å². The third-order valence-electron chi connectivity index (χ3n) is 2.86. The summed E-state index contributed by atoms with van der Waals surface area (Å²) in [6.07, 6.45) is 1.25. The molecule has 2 N–H and O–H groups in total. The summed E-state index contributed by atoms with van der Waals surface area (Å²) in [5.74, 6) is -0.407. The van der Waals surface area contributed by atoms with E-state index in [0.717, 1.165) is 11.3 Å². The number of halogens is 1. The number of carbonyl (C=O) groups is 1. The average Bonchev–Trinajstić information content (AvgIpc) is 2.62. The number of nitrogens with zero attached hydrogens (tertiary/aromatic N) is 1. The van der Waals surface area contributed by atoms with Gasteiger partial charge in [0, 0.05) is 5.56 Å². The Kier molecular flexibility index (Phi) is 2.22. The Morgan fingerprint density at radius 1 is 1.35 bits per heavy atom. The van der Waals surface area contributed by atoms with Gasteiger partial charge in [-0.3, -0.25) is 4.79 Å². The number of fused-ring (bicyclic) bond motifs is 2. The van der Waals surface area contributed by atoms with Crippen molar-refractivity contribution in [2.75, 3.05) is 5.73 Å². The molecule has 1 heterocycles. The summed E-state index contributed by atoms with van der Waals surface area (Å²) in [5, 5.41) is 0.411. The molecule has 0 aliphatic heterocycles. The Balaban J connectivity index is 2.19. The second-order valence-corrected chi connectivity index (χ2v) is 4.99. The van der Waals surface area contributed by atoms with Gasteiger partial charge >= 0.3 is 0 Å². The highest BCUT2D eigenvalue weighted by Gasteiger charge is 2.24. The Labute approximate surface area is 101 Å². The van der Waals surface area contributed by atoms with E-state index in [0.29, 0.717) is 28.4 Å². The zero-order valence-electron chi connectivity index (χ0n) is 8.87. The Bertz CT molecular complexity index is 621. The Hall–Kier alpha value is -1.75. The number of nitrogen functional groups attached to an aromatic ring is 1. The van der Waals surface area contributed by atoms with E-state index in [1.807, 2.05) is 0 Å². The van der Waals surface area contributed by atoms with E-state index >= 15 is 0 Å². The zero-order valence-corrected chi connectivity index (χ0v) is 9.68. The maximum atomic E-state index is 13.1. The minimum absolute atomic E-state index is 0.0956. The summed E-state index contributed by atoms with van der Waals surface area (Å²) < 4.78 is 13.1. The normalized spacial score (nSPS) is 14.1. The van der Waals surface area contributed by atoms with Crippen molar-refractivity contribution in [2.24, 2.45) is 0 Å². The summed E-state index contributed by atoms with van der Waals surface area (Å²) in [7, 11) is 0. The third kappa shape index (κ3) is 1.63. The molecule has 0 saturated heterocycles. The van der Waals surface area contributed by atoms with Gasteiger partial charge in [-0.2, -0.15) is 0 Å². The van der Waals surface area contributed by atoms with E-state index in [4.69, 9.17) is 5.73 Å². The summed E-state index contributed by atoms with van der Waals surface area (Å²) in [6.45, 7) is 0. The van der Waals surface area contributed by atoms with Crippen molar-refractivity contribution >= 4 is 22.3 Å². The molecule has 2 aromatic rings. The molecule has 1 aromatic heterocycles. The average molecular weight is 248 g/mol. The minimum atomic E-state index is -0.311. The van der Waals surface area contributed by atoms with E-state index in [9.17, 15) is 9.18 Å². The van der Waals surface area contributed by atoms with Gasteiger partial charge in [-0.1, -0.05) is 11.3 Å². The smallest absolute Gasteiger partial charge is 0.205 e. The molecule has 1 aromatic carbocycles. The van der Waals surface area contributed by atoms with Gasteiger partial charge in [-0.05, 0) is 36.6 Å². The van der Waals surface area contributed by atoms with Gasteiger partial charge in [0.25, 0.3) is 0 Å². The van der Waals surface area contributed by atoms with Crippen LogP contribution in [-0.4, -0.2) is 10.8 Å². The number of anilines is 1. The summed E-state index contributed by atoms with van der Waals surface area (Å²) in [4.78, 5) is 17.0. The molecule has 1 aliphatic rings. The number of benzene rings is 1. The van der Waals surface area contributed by atoms with Crippen molar-refractivity contribution in [3.63, 3.8) is 0 Å². The molecule has 0 amide bonds. The van der Waals surface area contributed by atoms with Gasteiger partial charge in [0.05, 0.1) is 5.69 Å². The highest BCUT2D eigenvalue weighted by atomic mass is 32.1. The van der Waals surface area contributed by atoms with Crippen LogP contribution in [-0.2, 0) is 12.8 Å². The fourth-order valence-corrected chi connectivity index (χ4v) is 2.92. The molecule has 5 heteroatoms. The van der Waals surface area contributed by atoms with E-state index in [1.165, 1.54) is 29.5 Å². The number of aromatic nitrogens is 1. The monoisotopic (exact) mass is 248 g/mol. The molecule has 17 heavy (non-hydrogen) atoms. The topological polar surface area (TPSA) is 56.0 Å². The quantitative estimate of drug-likeness (QED) is 0.777. The van der Waals surface area contributed by atoms with Crippen LogP contribution in [0.4, 0.5) is 9.52 Å². The lowest BCUT2D eigenvalue weighted by Gasteiger charge is -2.03. The van der Waals surface area contributed by atoms with Crippen molar-refractivity contribution in [1.82, 2.24) is 4.98 Å². The van der Waals surface area contributed by atoms with Gasteiger partial charge in [0.1, 0.15) is 10.7 Å². The largest absolute Gasteiger partial charge is 0.375 e. The number of aryl methyl sites for hydroxylation is 2. The first kappa shape index (κ1) is 10.4. The number of nitrogens with two attached hydrogens (primary N) is 1. The fourth-order valence-electron chi connectivity index (χ4n) is 2.08. The second-order valence-electron chi connectivity index (χ2n) is 3.96. The van der Waals surface area contributed by atoms with Crippen LogP contribution in [0.3, 0.4) is 0 Å². The van der Waals surface area contributed by atoms with Crippen LogP contribution < -0.4 is 5.73 Å². The summed E-state index contributed by atoms with van der Waals surface area (Å²) in [6, 6.07) is 4.28. The van der Waals surface area contributed by atoms with E-state index < -0.39 is 0 Å². The highest BCUT2D eigenvalue weighted by molar-refractivity contribution is 7.17. The molecule has 3 rings (SSSR count). The van der Waals surface area contributed by atoms with Gasteiger partial charge in [0.15, 0.2) is 5.13 Å². The number of hydrogen-bond donors (Lipinski definition) is 1. The number of thiazole rings is 1. The standard InChI is InChI=1S/C12H9FN2OS/c13-7-2-3-8-6(5-7)1-4-9-11(10(8)16)17-12(14)15-9/h2-3,5H,1,4H2,(H2,14,15). The molecule has 0 atom stereocenters. The maximum Gasteiger partial charge on any atom is 0.205 e. The molecular formula is C12H9FN2OS. The van der Waals surface area contributed by atoms with Crippen LogP contribution in [0.15, 0.2) is 18.2 Å². The van der Waals surface area contributed by atoms with Crippen molar-refractivity contribution in [3.8, 4) is 0 Å². The first-order valence-electron chi connectivity index (χ1n) is 5.23. The molecule has 0 fully saturated rings. The summed E-state index contributed by atoms with van der Waals surface area (Å²) in [5.41, 5.74) is 7.65. The zero-order chi connectivity index (χ0) is 12.0. The second kappa shape index (κ2) is 3.63. The molecule has 0 unspecified atom stereocenters. The van der Waals surface area contributed by atoms with Crippen LogP contribution in [0, 0.1) is 5.82 Å². The molecule has 0 radical (unpaired) electrons. The van der Waals surface area contributed by atoms with E-state index in [1.54, 1.807) is 0 Å². The van der Waals surface area contributed by atoms with Crippen molar-refractivity contribution in [1.29, 1.82) is 0 Å². The summed E-state index contributed by atoms with van der Waals surface area (Å²) >= 11 is 1.20. The van der Waals surface area contributed by atoms with Crippen LogP contribution in [0.1, 0.15) is 26.5 Å². The molecule has 3 nitrogen and oxygen atoms in total. The van der Waals surface area contributed by atoms with Crippen LogP contribution in [0.2, 0.25) is 0 Å². The van der Waals surface area contributed by atoms with E-state index in [-0.39, 0.29) is 11.6 Å². The first-order chi connectivity index (χ1) is 8.15. The predicted molar refractivity (Wildman–Crippen MR) is 63.8 cm³/mol. The Morgan fingerprint density at radius 3 is 3.00 bits per heavy atom. The van der Waals surface area contributed by atoms with Crippen molar-refractivity contribution in [3.05, 3.63) is 45.7 Å². The number of carbonyl (C=O) groups excluding carboxylic acids is 1. The molecule has 1 aliphatic carbocycles. The lowest BCUT2D eigenvalue weighted by atomic mass is 10.0.